The molecule has 1 aliphatic heterocycles. The molecule has 0 bridgehead atoms. The number of carbonyl (C=O) groups excluding carboxylic acids is 1. The molecule has 2 aromatic heterocycles. The minimum atomic E-state index is -0.520. The predicted octanol–water partition coefficient (Wildman–Crippen LogP) is 3.54. The molecule has 1 unspecified atom stereocenters. The van der Waals surface area contributed by atoms with Crippen LogP contribution in [0.5, 0.6) is 0 Å². The van der Waals surface area contributed by atoms with Crippen molar-refractivity contribution in [3.05, 3.63) is 22.6 Å². The van der Waals surface area contributed by atoms with E-state index in [-0.39, 0.29) is 12.1 Å². The van der Waals surface area contributed by atoms with E-state index in [2.05, 4.69) is 26.0 Å². The molecule has 7 nitrogen and oxygen atoms in total. The van der Waals surface area contributed by atoms with Crippen LogP contribution in [-0.2, 0) is 4.74 Å². The van der Waals surface area contributed by atoms with Gasteiger partial charge in [0, 0.05) is 11.0 Å². The van der Waals surface area contributed by atoms with E-state index in [1.54, 1.807) is 9.42 Å². The van der Waals surface area contributed by atoms with Crippen molar-refractivity contribution in [2.45, 2.75) is 51.7 Å². The van der Waals surface area contributed by atoms with Gasteiger partial charge in [-0.2, -0.15) is 5.10 Å². The van der Waals surface area contributed by atoms with Crippen molar-refractivity contribution < 1.29 is 9.53 Å². The van der Waals surface area contributed by atoms with Gasteiger partial charge in [-0.1, -0.05) is 0 Å². The Kier molecular flexibility index (Phi) is 4.42. The summed E-state index contributed by atoms with van der Waals surface area (Å²) in [6.45, 7) is 6.30. The molecule has 1 aliphatic rings. The molecule has 1 atom stereocenters. The van der Waals surface area contributed by atoms with Crippen LogP contribution in [0, 0.1) is 0 Å². The zero-order valence-electron chi connectivity index (χ0n) is 14.1. The molecule has 130 valence electrons. The summed E-state index contributed by atoms with van der Waals surface area (Å²) < 4.78 is 8.17. The minimum Gasteiger partial charge on any atom is -0.444 e. The normalized spacial score (nSPS) is 18.8. The van der Waals surface area contributed by atoms with Gasteiger partial charge in [-0.15, -0.1) is 0 Å². The maximum absolute atomic E-state index is 12.6. The fraction of sp³-hybridized carbons (Fsp3) is 0.562. The summed E-state index contributed by atoms with van der Waals surface area (Å²) in [7, 11) is 0. The maximum Gasteiger partial charge on any atom is 0.410 e. The largest absolute Gasteiger partial charge is 0.444 e. The van der Waals surface area contributed by atoms with Gasteiger partial charge >= 0.3 is 6.09 Å². The maximum atomic E-state index is 12.6. The van der Waals surface area contributed by atoms with Crippen LogP contribution in [0.15, 0.2) is 16.9 Å². The molecule has 0 saturated carbocycles. The summed E-state index contributed by atoms with van der Waals surface area (Å²) in [4.78, 5) is 18.5. The van der Waals surface area contributed by atoms with E-state index in [1.165, 1.54) is 6.33 Å². The van der Waals surface area contributed by atoms with E-state index < -0.39 is 5.60 Å². The summed E-state index contributed by atoms with van der Waals surface area (Å²) in [6.07, 6.45) is 4.02. The first kappa shape index (κ1) is 17.0. The summed E-state index contributed by atoms with van der Waals surface area (Å²) in [5, 5.41) is 4.32. The number of aromatic nitrogens is 3. The number of ether oxygens (including phenoxy) is 1. The third-order valence-electron chi connectivity index (χ3n) is 4.04. The molecule has 1 saturated heterocycles. The molecule has 8 heteroatoms. The summed E-state index contributed by atoms with van der Waals surface area (Å²) >= 11 is 3.53. The van der Waals surface area contributed by atoms with Crippen molar-refractivity contribution in [3.8, 4) is 0 Å². The Labute approximate surface area is 149 Å². The highest BCUT2D eigenvalue weighted by atomic mass is 79.9. The number of nitrogens with zero attached hydrogens (tertiary/aromatic N) is 4. The average Bonchev–Trinajstić information content (AvgIpc) is 2.84. The van der Waals surface area contributed by atoms with Crippen LogP contribution in [0.2, 0.25) is 0 Å². The minimum absolute atomic E-state index is 0.0956. The Morgan fingerprint density at radius 1 is 1.42 bits per heavy atom. The van der Waals surface area contributed by atoms with Crippen LogP contribution >= 0.6 is 15.9 Å². The van der Waals surface area contributed by atoms with Crippen molar-refractivity contribution >= 4 is 33.4 Å². The van der Waals surface area contributed by atoms with E-state index in [9.17, 15) is 4.79 Å². The lowest BCUT2D eigenvalue weighted by molar-refractivity contribution is 0.00882. The van der Waals surface area contributed by atoms with Gasteiger partial charge in [0.2, 0.25) is 0 Å². The topological polar surface area (TPSA) is 85.8 Å². The van der Waals surface area contributed by atoms with Crippen LogP contribution in [0.1, 0.15) is 51.8 Å². The number of piperidine rings is 1. The second kappa shape index (κ2) is 6.23. The first-order valence-corrected chi connectivity index (χ1v) is 8.84. The SMILES string of the molecule is CC(C)(C)OC(=O)N1CCCCC1c1cc(Br)c2c(N)ncnn12. The van der Waals surface area contributed by atoms with Gasteiger partial charge < -0.3 is 10.5 Å². The monoisotopic (exact) mass is 395 g/mol. The van der Waals surface area contributed by atoms with Crippen LogP contribution in [-0.4, -0.2) is 37.7 Å². The van der Waals surface area contributed by atoms with Gasteiger partial charge in [0.05, 0.1) is 11.7 Å². The van der Waals surface area contributed by atoms with Crippen molar-refractivity contribution in [2.75, 3.05) is 12.3 Å². The Morgan fingerprint density at radius 3 is 2.88 bits per heavy atom. The first-order valence-electron chi connectivity index (χ1n) is 8.05. The molecule has 1 amide bonds. The number of hydrogen-bond acceptors (Lipinski definition) is 5. The lowest BCUT2D eigenvalue weighted by Crippen LogP contribution is -2.42. The van der Waals surface area contributed by atoms with Crippen molar-refractivity contribution in [1.29, 1.82) is 0 Å². The molecule has 3 rings (SSSR count). The molecule has 2 aromatic rings. The number of halogens is 1. The fourth-order valence-electron chi connectivity index (χ4n) is 3.06. The molecule has 1 fully saturated rings. The molecule has 3 heterocycles. The standard InChI is InChI=1S/C16H22BrN5O2/c1-16(2,3)24-15(23)21-7-5-4-6-11(21)12-8-10(17)13-14(18)19-9-20-22(12)13/h8-9,11H,4-7H2,1-3H3,(H2,18,19,20). The number of rotatable bonds is 1. The van der Waals surface area contributed by atoms with E-state index >= 15 is 0 Å². The predicted molar refractivity (Wildman–Crippen MR) is 94.6 cm³/mol. The fourth-order valence-corrected chi connectivity index (χ4v) is 3.67. The van der Waals surface area contributed by atoms with Crippen molar-refractivity contribution in [1.82, 2.24) is 19.5 Å². The van der Waals surface area contributed by atoms with Crippen LogP contribution in [0.25, 0.3) is 5.52 Å². The van der Waals surface area contributed by atoms with Gasteiger partial charge in [-0.3, -0.25) is 4.90 Å². The third-order valence-corrected chi connectivity index (χ3v) is 4.64. The Hall–Kier alpha value is -1.83. The molecular formula is C16H22BrN5O2. The van der Waals surface area contributed by atoms with Gasteiger partial charge in [0.25, 0.3) is 0 Å². The third kappa shape index (κ3) is 3.19. The Balaban J connectivity index is 2.00. The number of fused-ring (bicyclic) bond motifs is 1. The number of amides is 1. The van der Waals surface area contributed by atoms with Crippen LogP contribution in [0.3, 0.4) is 0 Å². The number of likely N-dealkylation sites (tertiary alicyclic amines) is 1. The zero-order valence-corrected chi connectivity index (χ0v) is 15.7. The summed E-state index contributed by atoms with van der Waals surface area (Å²) in [6, 6.07) is 1.87. The van der Waals surface area contributed by atoms with Crippen molar-refractivity contribution in [3.63, 3.8) is 0 Å². The Morgan fingerprint density at radius 2 is 2.17 bits per heavy atom. The molecular weight excluding hydrogens is 374 g/mol. The molecule has 0 aromatic carbocycles. The zero-order chi connectivity index (χ0) is 17.5. The van der Waals surface area contributed by atoms with Crippen LogP contribution in [0.4, 0.5) is 10.6 Å². The molecule has 24 heavy (non-hydrogen) atoms. The van der Waals surface area contributed by atoms with Crippen LogP contribution < -0.4 is 5.73 Å². The average molecular weight is 396 g/mol. The smallest absolute Gasteiger partial charge is 0.410 e. The number of nitrogen functional groups attached to an aromatic ring is 1. The molecule has 2 N–H and O–H groups in total. The van der Waals surface area contributed by atoms with E-state index in [4.69, 9.17) is 10.5 Å². The van der Waals surface area contributed by atoms with E-state index in [0.29, 0.717) is 12.4 Å². The van der Waals surface area contributed by atoms with Gasteiger partial charge in [0.1, 0.15) is 17.4 Å². The molecule has 0 spiro atoms. The summed E-state index contributed by atoms with van der Waals surface area (Å²) in [5.41, 5.74) is 7.09. The first-order chi connectivity index (χ1) is 11.3. The number of nitrogens with two attached hydrogens (primary N) is 1. The lowest BCUT2D eigenvalue weighted by Gasteiger charge is -2.36. The van der Waals surface area contributed by atoms with Gasteiger partial charge in [-0.25, -0.2) is 14.3 Å². The van der Waals surface area contributed by atoms with E-state index in [0.717, 1.165) is 34.9 Å². The van der Waals surface area contributed by atoms with Crippen molar-refractivity contribution in [2.24, 2.45) is 0 Å². The number of carbonyl (C=O) groups is 1. The highest BCUT2D eigenvalue weighted by Gasteiger charge is 2.33. The highest BCUT2D eigenvalue weighted by Crippen LogP contribution is 2.36. The second-order valence-corrected chi connectivity index (χ2v) is 7.86. The molecule has 0 aliphatic carbocycles. The van der Waals surface area contributed by atoms with Gasteiger partial charge in [0.15, 0.2) is 5.82 Å². The summed E-state index contributed by atoms with van der Waals surface area (Å²) in [5.74, 6) is 0.405. The quantitative estimate of drug-likeness (QED) is 0.797. The molecule has 0 radical (unpaired) electrons. The highest BCUT2D eigenvalue weighted by molar-refractivity contribution is 9.10. The Bertz CT molecular complexity index is 768. The second-order valence-electron chi connectivity index (χ2n) is 7.01. The lowest BCUT2D eigenvalue weighted by atomic mass is 10.00. The number of anilines is 1. The van der Waals surface area contributed by atoms with Gasteiger partial charge in [-0.05, 0) is 62.0 Å². The van der Waals surface area contributed by atoms with E-state index in [1.807, 2.05) is 26.8 Å². The number of hydrogen-bond donors (Lipinski definition) is 1.